The molecule has 0 aromatic heterocycles. The number of nitrogens with one attached hydrogen (secondary N) is 1. The lowest BCUT2D eigenvalue weighted by atomic mass is 10.1. The summed E-state index contributed by atoms with van der Waals surface area (Å²) in [7, 11) is 0. The molecule has 0 atom stereocenters. The van der Waals surface area contributed by atoms with Gasteiger partial charge >= 0.3 is 0 Å². The van der Waals surface area contributed by atoms with Crippen molar-refractivity contribution in [2.45, 2.75) is 64.2 Å². The predicted molar refractivity (Wildman–Crippen MR) is 63.3 cm³/mol. The maximum Gasteiger partial charge on any atom is 0.238 e. The van der Waals surface area contributed by atoms with E-state index >= 15 is 0 Å². The van der Waals surface area contributed by atoms with Gasteiger partial charge in [0.2, 0.25) is 5.91 Å². The van der Waals surface area contributed by atoms with Crippen LogP contribution in [-0.4, -0.2) is 12.5 Å². The number of unbranched alkanes of at least 4 members (excludes halogenated alkanes) is 8. The third-order valence-electron chi connectivity index (χ3n) is 2.61. The first-order valence-electron chi connectivity index (χ1n) is 6.22. The standard InChI is InChI=1S/C12H25N2O/c13-11-9-7-5-3-1-2-4-6-8-10-12(14)15/h14H,1-11,13H2. The lowest BCUT2D eigenvalue weighted by molar-refractivity contribution is -0.118. The number of carbonyl (C=O) groups is 1. The van der Waals surface area contributed by atoms with Gasteiger partial charge in [0.05, 0.1) is 0 Å². The highest BCUT2D eigenvalue weighted by Gasteiger charge is 1.95. The Hall–Kier alpha value is -0.570. The topological polar surface area (TPSA) is 66.9 Å². The Labute approximate surface area is 93.6 Å². The first-order chi connectivity index (χ1) is 7.27. The molecule has 3 heteroatoms. The molecule has 0 saturated heterocycles. The fraction of sp³-hybridized carbons (Fsp3) is 0.917. The molecular weight excluding hydrogens is 188 g/mol. The number of hydrogen-bond acceptors (Lipinski definition) is 2. The SMILES string of the molecule is [NH]C(=O)CCCCCCCCCCCN. The molecule has 3 N–H and O–H groups in total. The molecule has 15 heavy (non-hydrogen) atoms. The molecule has 3 nitrogen and oxygen atoms in total. The third-order valence-corrected chi connectivity index (χ3v) is 2.61. The van der Waals surface area contributed by atoms with Gasteiger partial charge in [0.1, 0.15) is 0 Å². The highest BCUT2D eigenvalue weighted by atomic mass is 16.1. The molecular formula is C12H25N2O. The van der Waals surface area contributed by atoms with E-state index < -0.39 is 5.91 Å². The van der Waals surface area contributed by atoms with Crippen LogP contribution in [-0.2, 0) is 4.79 Å². The minimum absolute atomic E-state index is 0.420. The zero-order valence-electron chi connectivity index (χ0n) is 9.76. The molecule has 0 fully saturated rings. The lowest BCUT2D eigenvalue weighted by Crippen LogP contribution is -1.97. The van der Waals surface area contributed by atoms with E-state index in [1.165, 1.54) is 38.5 Å². The van der Waals surface area contributed by atoms with E-state index in [-0.39, 0.29) is 0 Å². The lowest BCUT2D eigenvalue weighted by Gasteiger charge is -2.01. The summed E-state index contributed by atoms with van der Waals surface area (Å²) in [4.78, 5) is 10.3. The van der Waals surface area contributed by atoms with Crippen LogP contribution in [0.1, 0.15) is 64.2 Å². The molecule has 0 unspecified atom stereocenters. The van der Waals surface area contributed by atoms with Crippen LogP contribution in [0.2, 0.25) is 0 Å². The van der Waals surface area contributed by atoms with Gasteiger partial charge in [0.15, 0.2) is 0 Å². The molecule has 0 aromatic carbocycles. The van der Waals surface area contributed by atoms with E-state index in [1.54, 1.807) is 0 Å². The fourth-order valence-corrected chi connectivity index (χ4v) is 1.67. The van der Waals surface area contributed by atoms with Crippen molar-refractivity contribution in [2.24, 2.45) is 5.73 Å². The molecule has 0 spiro atoms. The number of rotatable bonds is 11. The van der Waals surface area contributed by atoms with Crippen LogP contribution < -0.4 is 11.5 Å². The molecule has 0 saturated carbocycles. The Balaban J connectivity index is 2.89. The average molecular weight is 213 g/mol. The van der Waals surface area contributed by atoms with Gasteiger partial charge in [-0.25, -0.2) is 0 Å². The Bertz CT molecular complexity index is 149. The summed E-state index contributed by atoms with van der Waals surface area (Å²) in [6.45, 7) is 0.821. The molecule has 89 valence electrons. The zero-order valence-corrected chi connectivity index (χ0v) is 9.76. The van der Waals surface area contributed by atoms with E-state index in [0.29, 0.717) is 6.42 Å². The van der Waals surface area contributed by atoms with Crippen molar-refractivity contribution >= 4 is 5.91 Å². The third kappa shape index (κ3) is 13.4. The van der Waals surface area contributed by atoms with Crippen molar-refractivity contribution in [3.8, 4) is 0 Å². The minimum Gasteiger partial charge on any atom is -0.330 e. The average Bonchev–Trinajstić information content (AvgIpc) is 2.20. The molecule has 0 aliphatic heterocycles. The van der Waals surface area contributed by atoms with Crippen LogP contribution in [0.25, 0.3) is 0 Å². The number of nitrogens with two attached hydrogens (primary N) is 1. The first kappa shape index (κ1) is 14.4. The molecule has 1 radical (unpaired) electrons. The second kappa shape index (κ2) is 11.5. The summed E-state index contributed by atoms with van der Waals surface area (Å²) >= 11 is 0. The molecule has 0 bridgehead atoms. The van der Waals surface area contributed by atoms with E-state index in [1.807, 2.05) is 0 Å². The van der Waals surface area contributed by atoms with Gasteiger partial charge in [0.25, 0.3) is 0 Å². The number of amides is 1. The summed E-state index contributed by atoms with van der Waals surface area (Å²) in [6, 6.07) is 0. The smallest absolute Gasteiger partial charge is 0.238 e. The van der Waals surface area contributed by atoms with E-state index in [2.05, 4.69) is 0 Å². The maximum atomic E-state index is 10.3. The molecule has 0 aromatic rings. The van der Waals surface area contributed by atoms with Crippen molar-refractivity contribution in [3.05, 3.63) is 0 Å². The molecule has 0 aliphatic rings. The van der Waals surface area contributed by atoms with E-state index in [9.17, 15) is 4.79 Å². The summed E-state index contributed by atoms with van der Waals surface area (Å²) in [5, 5.41) is 0. The van der Waals surface area contributed by atoms with Crippen molar-refractivity contribution in [2.75, 3.05) is 6.54 Å². The van der Waals surface area contributed by atoms with Gasteiger partial charge in [-0.2, -0.15) is 0 Å². The second-order valence-electron chi connectivity index (χ2n) is 4.14. The highest BCUT2D eigenvalue weighted by molar-refractivity contribution is 5.72. The fourth-order valence-electron chi connectivity index (χ4n) is 1.67. The van der Waals surface area contributed by atoms with Crippen LogP contribution in [0.5, 0.6) is 0 Å². The Kier molecular flexibility index (Phi) is 11.1. The monoisotopic (exact) mass is 213 g/mol. The normalized spacial score (nSPS) is 10.5. The van der Waals surface area contributed by atoms with Crippen molar-refractivity contribution < 1.29 is 4.79 Å². The Morgan fingerprint density at radius 3 is 1.60 bits per heavy atom. The summed E-state index contributed by atoms with van der Waals surface area (Å²) in [6.07, 6.45) is 11.3. The van der Waals surface area contributed by atoms with Crippen LogP contribution >= 0.6 is 0 Å². The highest BCUT2D eigenvalue weighted by Crippen LogP contribution is 2.10. The van der Waals surface area contributed by atoms with Crippen molar-refractivity contribution in [1.29, 1.82) is 0 Å². The second-order valence-corrected chi connectivity index (χ2v) is 4.14. The van der Waals surface area contributed by atoms with E-state index in [0.717, 1.165) is 25.8 Å². The van der Waals surface area contributed by atoms with Gasteiger partial charge in [-0.05, 0) is 19.4 Å². The van der Waals surface area contributed by atoms with Crippen molar-refractivity contribution in [1.82, 2.24) is 5.73 Å². The van der Waals surface area contributed by atoms with Crippen LogP contribution in [0.3, 0.4) is 0 Å². The largest absolute Gasteiger partial charge is 0.330 e. The molecule has 0 aliphatic carbocycles. The summed E-state index contributed by atoms with van der Waals surface area (Å²) in [5.41, 5.74) is 12.1. The van der Waals surface area contributed by atoms with Crippen molar-refractivity contribution in [3.63, 3.8) is 0 Å². The summed E-state index contributed by atoms with van der Waals surface area (Å²) < 4.78 is 0. The van der Waals surface area contributed by atoms with E-state index in [4.69, 9.17) is 11.5 Å². The van der Waals surface area contributed by atoms with Crippen LogP contribution in [0.15, 0.2) is 0 Å². The van der Waals surface area contributed by atoms with Gasteiger partial charge in [-0.15, -0.1) is 0 Å². The summed E-state index contributed by atoms with van der Waals surface area (Å²) in [5.74, 6) is -0.420. The quantitative estimate of drug-likeness (QED) is 0.536. The van der Waals surface area contributed by atoms with Gasteiger partial charge in [0, 0.05) is 6.42 Å². The minimum atomic E-state index is -0.420. The first-order valence-corrected chi connectivity index (χ1v) is 6.22. The zero-order chi connectivity index (χ0) is 11.4. The molecule has 1 amide bonds. The van der Waals surface area contributed by atoms with Crippen LogP contribution in [0, 0.1) is 0 Å². The predicted octanol–water partition coefficient (Wildman–Crippen LogP) is 2.66. The Morgan fingerprint density at radius 1 is 0.800 bits per heavy atom. The van der Waals surface area contributed by atoms with Gasteiger partial charge in [-0.1, -0.05) is 44.9 Å². The maximum absolute atomic E-state index is 10.3. The van der Waals surface area contributed by atoms with Crippen LogP contribution in [0.4, 0.5) is 0 Å². The Morgan fingerprint density at radius 2 is 1.20 bits per heavy atom. The molecule has 0 rings (SSSR count). The number of carbonyl (C=O) groups excluding carboxylic acids is 1. The van der Waals surface area contributed by atoms with Gasteiger partial charge in [-0.3, -0.25) is 10.5 Å². The van der Waals surface area contributed by atoms with Gasteiger partial charge < -0.3 is 5.73 Å². The number of hydrogen-bond donors (Lipinski definition) is 1. The molecule has 0 heterocycles.